The molecule has 3 aromatic heterocycles. The van der Waals surface area contributed by atoms with Crippen molar-refractivity contribution in [1.29, 1.82) is 0 Å². The smallest absolute Gasteiger partial charge is 0.335 e. The minimum absolute atomic E-state index is 0.258. The highest BCUT2D eigenvalue weighted by atomic mass is 16.4. The Labute approximate surface area is 149 Å². The van der Waals surface area contributed by atoms with Gasteiger partial charge in [-0.1, -0.05) is 12.1 Å². The van der Waals surface area contributed by atoms with Crippen LogP contribution in [-0.4, -0.2) is 30.8 Å². The van der Waals surface area contributed by atoms with Crippen molar-refractivity contribution < 1.29 is 9.90 Å². The summed E-state index contributed by atoms with van der Waals surface area (Å²) in [4.78, 5) is 20.1. The third kappa shape index (κ3) is 2.82. The van der Waals surface area contributed by atoms with Gasteiger partial charge in [0.15, 0.2) is 5.65 Å². The molecule has 0 unspecified atom stereocenters. The Morgan fingerprint density at radius 3 is 2.81 bits per heavy atom. The molecule has 0 aliphatic rings. The molecular formula is C20H16N4O2. The van der Waals surface area contributed by atoms with Gasteiger partial charge in [0.1, 0.15) is 0 Å². The van der Waals surface area contributed by atoms with Gasteiger partial charge < -0.3 is 5.11 Å². The van der Waals surface area contributed by atoms with Crippen molar-refractivity contribution in [3.63, 3.8) is 0 Å². The van der Waals surface area contributed by atoms with E-state index in [9.17, 15) is 4.79 Å². The van der Waals surface area contributed by atoms with Gasteiger partial charge in [0.05, 0.1) is 22.5 Å². The Morgan fingerprint density at radius 2 is 2.00 bits per heavy atom. The summed E-state index contributed by atoms with van der Waals surface area (Å²) in [5, 5.41) is 15.3. The highest BCUT2D eigenvalue weighted by Crippen LogP contribution is 2.19. The number of rotatable bonds is 3. The van der Waals surface area contributed by atoms with E-state index in [4.69, 9.17) is 5.11 Å². The van der Waals surface area contributed by atoms with E-state index >= 15 is 0 Å². The minimum Gasteiger partial charge on any atom is -0.478 e. The summed E-state index contributed by atoms with van der Waals surface area (Å²) in [6, 6.07) is 10.7. The van der Waals surface area contributed by atoms with Crippen LogP contribution in [0.1, 0.15) is 27.3 Å². The predicted octanol–water partition coefficient (Wildman–Crippen LogP) is 3.69. The maximum atomic E-state index is 11.0. The number of aromatic carboxylic acids is 1. The van der Waals surface area contributed by atoms with Crippen LogP contribution in [0.3, 0.4) is 0 Å². The average Bonchev–Trinajstić information content (AvgIpc) is 2.93. The van der Waals surface area contributed by atoms with Gasteiger partial charge in [0, 0.05) is 24.0 Å². The minimum atomic E-state index is -0.940. The first-order valence-corrected chi connectivity index (χ1v) is 8.13. The van der Waals surface area contributed by atoms with Gasteiger partial charge >= 0.3 is 5.97 Å². The molecule has 0 radical (unpaired) electrons. The number of benzene rings is 1. The van der Waals surface area contributed by atoms with Crippen molar-refractivity contribution in [3.05, 3.63) is 65.1 Å². The van der Waals surface area contributed by atoms with Gasteiger partial charge in [-0.15, -0.1) is 0 Å². The summed E-state index contributed by atoms with van der Waals surface area (Å²) in [6.45, 7) is 1.97. The fourth-order valence-electron chi connectivity index (χ4n) is 2.96. The zero-order valence-corrected chi connectivity index (χ0v) is 14.3. The third-order valence-electron chi connectivity index (χ3n) is 4.29. The van der Waals surface area contributed by atoms with Crippen LogP contribution in [0.4, 0.5) is 0 Å². The molecule has 128 valence electrons. The van der Waals surface area contributed by atoms with Crippen LogP contribution in [0.15, 0.2) is 42.6 Å². The lowest BCUT2D eigenvalue weighted by atomic mass is 10.1. The van der Waals surface area contributed by atoms with Crippen LogP contribution >= 0.6 is 0 Å². The van der Waals surface area contributed by atoms with Gasteiger partial charge in [-0.3, -0.25) is 4.68 Å². The number of nitrogens with zero attached hydrogens (tertiary/aromatic N) is 4. The highest BCUT2D eigenvalue weighted by molar-refractivity contribution is 5.93. The van der Waals surface area contributed by atoms with Crippen LogP contribution in [-0.2, 0) is 7.05 Å². The van der Waals surface area contributed by atoms with Gasteiger partial charge in [-0.2, -0.15) is 5.10 Å². The summed E-state index contributed by atoms with van der Waals surface area (Å²) in [7, 11) is 1.88. The molecule has 0 amide bonds. The maximum absolute atomic E-state index is 11.0. The molecule has 3 heterocycles. The number of carbonyl (C=O) groups is 1. The summed E-state index contributed by atoms with van der Waals surface area (Å²) in [5.74, 6) is -0.940. The Bertz CT molecular complexity index is 1190. The van der Waals surface area contributed by atoms with Crippen molar-refractivity contribution in [1.82, 2.24) is 19.7 Å². The first-order chi connectivity index (χ1) is 12.5. The van der Waals surface area contributed by atoms with Gasteiger partial charge in [0.25, 0.3) is 0 Å². The van der Waals surface area contributed by atoms with Crippen molar-refractivity contribution >= 4 is 40.1 Å². The van der Waals surface area contributed by atoms with Gasteiger partial charge in [-0.05, 0) is 48.9 Å². The van der Waals surface area contributed by atoms with E-state index in [0.717, 1.165) is 38.9 Å². The quantitative estimate of drug-likeness (QED) is 0.613. The van der Waals surface area contributed by atoms with Crippen LogP contribution in [0.25, 0.3) is 34.1 Å². The van der Waals surface area contributed by atoms with E-state index in [0.29, 0.717) is 0 Å². The predicted molar refractivity (Wildman–Crippen MR) is 101 cm³/mol. The molecule has 1 aromatic carbocycles. The van der Waals surface area contributed by atoms with Crippen molar-refractivity contribution in [3.8, 4) is 0 Å². The number of pyridine rings is 2. The van der Waals surface area contributed by atoms with E-state index in [1.807, 2.05) is 38.3 Å². The van der Waals surface area contributed by atoms with E-state index in [1.54, 1.807) is 29.1 Å². The number of carboxylic acids is 1. The number of hydrogen-bond donors (Lipinski definition) is 1. The lowest BCUT2D eigenvalue weighted by Gasteiger charge is -2.01. The number of aromatic nitrogens is 4. The van der Waals surface area contributed by atoms with Crippen molar-refractivity contribution in [2.75, 3.05) is 0 Å². The third-order valence-corrected chi connectivity index (χ3v) is 4.29. The Kier molecular flexibility index (Phi) is 3.73. The lowest BCUT2D eigenvalue weighted by Crippen LogP contribution is -1.95. The molecule has 0 bridgehead atoms. The number of carboxylic acid groups (broad SMARTS) is 1. The molecule has 0 aliphatic carbocycles. The second-order valence-electron chi connectivity index (χ2n) is 6.13. The average molecular weight is 344 g/mol. The Hall–Kier alpha value is -3.54. The topological polar surface area (TPSA) is 80.9 Å². The molecule has 0 atom stereocenters. The molecule has 1 N–H and O–H groups in total. The van der Waals surface area contributed by atoms with Gasteiger partial charge in [-0.25, -0.2) is 14.8 Å². The number of fused-ring (bicyclic) bond motifs is 2. The van der Waals surface area contributed by atoms with Gasteiger partial charge in [0.2, 0.25) is 0 Å². The fraction of sp³-hybridized carbons (Fsp3) is 0.100. The monoisotopic (exact) mass is 344 g/mol. The Morgan fingerprint density at radius 1 is 1.15 bits per heavy atom. The summed E-state index contributed by atoms with van der Waals surface area (Å²) in [5.41, 5.74) is 4.59. The first-order valence-electron chi connectivity index (χ1n) is 8.13. The molecule has 0 saturated carbocycles. The molecule has 6 heteroatoms. The zero-order chi connectivity index (χ0) is 18.3. The van der Waals surface area contributed by atoms with Crippen LogP contribution in [0.2, 0.25) is 0 Å². The molecule has 0 fully saturated rings. The molecule has 0 aliphatic heterocycles. The zero-order valence-electron chi connectivity index (χ0n) is 14.3. The van der Waals surface area contributed by atoms with Crippen molar-refractivity contribution in [2.45, 2.75) is 6.92 Å². The molecule has 6 nitrogen and oxygen atoms in total. The van der Waals surface area contributed by atoms with E-state index < -0.39 is 5.97 Å². The fourth-order valence-corrected chi connectivity index (χ4v) is 2.96. The Balaban J connectivity index is 1.66. The summed E-state index contributed by atoms with van der Waals surface area (Å²) >= 11 is 0. The second-order valence-corrected chi connectivity index (χ2v) is 6.13. The highest BCUT2D eigenvalue weighted by Gasteiger charge is 2.06. The molecule has 4 aromatic rings. The largest absolute Gasteiger partial charge is 0.478 e. The van der Waals surface area contributed by atoms with E-state index in [1.165, 1.54) is 0 Å². The van der Waals surface area contributed by atoms with Crippen molar-refractivity contribution in [2.24, 2.45) is 7.05 Å². The van der Waals surface area contributed by atoms with Crippen LogP contribution < -0.4 is 0 Å². The second kappa shape index (κ2) is 6.07. The van der Waals surface area contributed by atoms with Crippen LogP contribution in [0.5, 0.6) is 0 Å². The molecule has 0 spiro atoms. The number of aryl methyl sites for hydroxylation is 2. The summed E-state index contributed by atoms with van der Waals surface area (Å²) < 4.78 is 1.77. The maximum Gasteiger partial charge on any atom is 0.335 e. The SMILES string of the molecule is Cc1nn(C)c2ncc(/C=C/c3ccc4cc(C(=O)O)ccc4n3)cc12. The molecular weight excluding hydrogens is 328 g/mol. The number of hydrogen-bond acceptors (Lipinski definition) is 4. The van der Waals surface area contributed by atoms with Crippen LogP contribution in [0, 0.1) is 6.92 Å². The molecule has 4 rings (SSSR count). The molecule has 0 saturated heterocycles. The molecule has 26 heavy (non-hydrogen) atoms. The van der Waals surface area contributed by atoms with E-state index in [2.05, 4.69) is 21.1 Å². The lowest BCUT2D eigenvalue weighted by molar-refractivity contribution is 0.0697. The van der Waals surface area contributed by atoms with E-state index in [-0.39, 0.29) is 5.56 Å². The standard InChI is InChI=1S/C20H16N4O2/c1-12-17-9-13(11-21-19(17)24(2)23-12)3-6-16-7-4-14-10-15(20(25)26)5-8-18(14)22-16/h3-11H,1-2H3,(H,25,26)/b6-3+. The first kappa shape index (κ1) is 16.0. The normalized spacial score (nSPS) is 11.6. The summed E-state index contributed by atoms with van der Waals surface area (Å²) in [6.07, 6.45) is 5.68.